The predicted octanol–water partition coefficient (Wildman–Crippen LogP) is 4.36. The van der Waals surface area contributed by atoms with Crippen molar-refractivity contribution in [3.8, 4) is 5.88 Å². The maximum Gasteiger partial charge on any atom is 0.221 e. The molecule has 190 valence electrons. The van der Waals surface area contributed by atoms with Crippen molar-refractivity contribution >= 4 is 22.7 Å². The predicted molar refractivity (Wildman–Crippen MR) is 133 cm³/mol. The van der Waals surface area contributed by atoms with E-state index >= 15 is 0 Å². The van der Waals surface area contributed by atoms with Crippen molar-refractivity contribution in [2.45, 2.75) is 49.4 Å². The fourth-order valence-corrected chi connectivity index (χ4v) is 5.36. The molecule has 0 saturated carbocycles. The lowest BCUT2D eigenvalue weighted by Crippen LogP contribution is -2.58. The van der Waals surface area contributed by atoms with E-state index in [9.17, 15) is 13.3 Å². The van der Waals surface area contributed by atoms with E-state index in [4.69, 9.17) is 9.47 Å². The number of morpholine rings is 1. The van der Waals surface area contributed by atoms with Crippen LogP contribution in [0.4, 0.5) is 20.3 Å². The molecule has 36 heavy (non-hydrogen) atoms. The summed E-state index contributed by atoms with van der Waals surface area (Å²) >= 11 is -1.26. The van der Waals surface area contributed by atoms with Gasteiger partial charge in [-0.25, -0.2) is 18.7 Å². The molecular formula is C26H28F2N4O3S. The van der Waals surface area contributed by atoms with Crippen molar-refractivity contribution in [1.29, 1.82) is 0 Å². The second kappa shape index (κ2) is 10.7. The molecular weight excluding hydrogens is 486 g/mol. The Hall–Kier alpha value is -2.79. The van der Waals surface area contributed by atoms with Crippen LogP contribution in [0.3, 0.4) is 0 Å². The number of piperidine rings is 1. The van der Waals surface area contributed by atoms with E-state index in [2.05, 4.69) is 20.2 Å². The Kier molecular flexibility index (Phi) is 7.38. The Morgan fingerprint density at radius 3 is 2.50 bits per heavy atom. The van der Waals surface area contributed by atoms with Crippen molar-refractivity contribution < 1.29 is 22.8 Å². The first-order valence-corrected chi connectivity index (χ1v) is 13.4. The van der Waals surface area contributed by atoms with Crippen molar-refractivity contribution in [3.63, 3.8) is 0 Å². The molecule has 10 heteroatoms. The molecule has 0 amide bonds. The van der Waals surface area contributed by atoms with Crippen LogP contribution in [-0.2, 0) is 22.5 Å². The lowest BCUT2D eigenvalue weighted by atomic mass is 9.91. The standard InChI is InChI=1S/C26H28F2N4O3S/c1-16-25(31-24-8-7-22(36(2)33)11-23(24)28)29-15-30-26(16)35-21-9-19-13-34-14-20(10-21)32(19)12-17-3-5-18(27)6-4-17/h3-8,11,15,19-21H,9-10,12-14H2,1-2H3,(H,29,30,31)/t19-,20?,21-,36?/m0/s1. The van der Waals surface area contributed by atoms with Gasteiger partial charge in [-0.1, -0.05) is 12.1 Å². The number of ether oxygens (including phenoxy) is 2. The summed E-state index contributed by atoms with van der Waals surface area (Å²) in [6.45, 7) is 3.80. The molecule has 3 heterocycles. The average Bonchev–Trinajstić information content (AvgIpc) is 2.84. The van der Waals surface area contributed by atoms with Gasteiger partial charge in [0.05, 0.1) is 24.5 Å². The van der Waals surface area contributed by atoms with Crippen LogP contribution >= 0.6 is 0 Å². The molecule has 4 atom stereocenters. The van der Waals surface area contributed by atoms with E-state index in [1.165, 1.54) is 30.8 Å². The van der Waals surface area contributed by atoms with Crippen LogP contribution in [0.5, 0.6) is 5.88 Å². The fourth-order valence-electron chi connectivity index (χ4n) is 4.84. The second-order valence-corrected chi connectivity index (χ2v) is 10.6. The third kappa shape index (κ3) is 5.46. The highest BCUT2D eigenvalue weighted by atomic mass is 32.2. The van der Waals surface area contributed by atoms with Crippen LogP contribution in [0.25, 0.3) is 0 Å². The van der Waals surface area contributed by atoms with Gasteiger partial charge in [0.25, 0.3) is 0 Å². The minimum atomic E-state index is -1.26. The number of nitrogens with one attached hydrogen (secondary N) is 1. The summed E-state index contributed by atoms with van der Waals surface area (Å²) in [4.78, 5) is 11.4. The minimum absolute atomic E-state index is 0.0506. The van der Waals surface area contributed by atoms with E-state index in [0.29, 0.717) is 35.4 Å². The smallest absolute Gasteiger partial charge is 0.221 e. The van der Waals surface area contributed by atoms with Gasteiger partial charge in [-0.2, -0.15) is 0 Å². The van der Waals surface area contributed by atoms with Crippen LogP contribution in [0.1, 0.15) is 24.0 Å². The highest BCUT2D eigenvalue weighted by molar-refractivity contribution is 7.90. The highest BCUT2D eigenvalue weighted by Gasteiger charge is 2.40. The zero-order valence-corrected chi connectivity index (χ0v) is 20.9. The average molecular weight is 515 g/mol. The number of hydrogen-bond donors (Lipinski definition) is 1. The van der Waals surface area contributed by atoms with E-state index in [1.807, 2.05) is 19.1 Å². The van der Waals surface area contributed by atoms with Gasteiger partial charge in [0, 0.05) is 37.5 Å². The van der Waals surface area contributed by atoms with Crippen LogP contribution < -0.4 is 10.1 Å². The van der Waals surface area contributed by atoms with Gasteiger partial charge in [-0.3, -0.25) is 4.90 Å². The molecule has 0 aliphatic carbocycles. The molecule has 5 rings (SSSR count). The van der Waals surface area contributed by atoms with E-state index in [1.54, 1.807) is 12.1 Å². The third-order valence-electron chi connectivity index (χ3n) is 6.75. The van der Waals surface area contributed by atoms with Crippen LogP contribution in [0, 0.1) is 18.6 Å². The van der Waals surface area contributed by atoms with Gasteiger partial charge in [-0.15, -0.1) is 0 Å². The summed E-state index contributed by atoms with van der Waals surface area (Å²) in [5.41, 5.74) is 1.98. The molecule has 2 bridgehead atoms. The van der Waals surface area contributed by atoms with Crippen LogP contribution in [0.2, 0.25) is 0 Å². The summed E-state index contributed by atoms with van der Waals surface area (Å²) in [5.74, 6) is 0.154. The number of anilines is 2. The molecule has 1 N–H and O–H groups in total. The summed E-state index contributed by atoms with van der Waals surface area (Å²) in [6.07, 6.45) is 4.40. The summed E-state index contributed by atoms with van der Waals surface area (Å²) in [6, 6.07) is 11.4. The van der Waals surface area contributed by atoms with Crippen LogP contribution in [-0.4, -0.2) is 57.1 Å². The SMILES string of the molecule is Cc1c(Nc2ccc([S+](C)[O-])cc2F)ncnc1O[C@@H]1CC2COC[C@H](C1)N2Cc1ccc(F)cc1. The molecule has 0 radical (unpaired) electrons. The summed E-state index contributed by atoms with van der Waals surface area (Å²) in [5, 5.41) is 3.00. The van der Waals surface area contributed by atoms with E-state index in [0.717, 1.165) is 24.9 Å². The second-order valence-electron chi connectivity index (χ2n) is 9.23. The Morgan fingerprint density at radius 2 is 1.83 bits per heavy atom. The highest BCUT2D eigenvalue weighted by Crippen LogP contribution is 2.33. The molecule has 7 nitrogen and oxygen atoms in total. The number of halogens is 2. The van der Waals surface area contributed by atoms with Gasteiger partial charge in [0.2, 0.25) is 5.88 Å². The van der Waals surface area contributed by atoms with Crippen LogP contribution in [0.15, 0.2) is 53.7 Å². The Balaban J connectivity index is 1.27. The van der Waals surface area contributed by atoms with Gasteiger partial charge < -0.3 is 19.3 Å². The number of aromatic nitrogens is 2. The molecule has 2 unspecified atom stereocenters. The lowest BCUT2D eigenvalue weighted by molar-refractivity contribution is -0.104. The monoisotopic (exact) mass is 514 g/mol. The lowest BCUT2D eigenvalue weighted by Gasteiger charge is -2.48. The third-order valence-corrected chi connectivity index (χ3v) is 7.67. The molecule has 2 saturated heterocycles. The molecule has 0 spiro atoms. The van der Waals surface area contributed by atoms with E-state index < -0.39 is 17.0 Å². The Bertz CT molecular complexity index is 1200. The zero-order valence-electron chi connectivity index (χ0n) is 20.1. The number of benzene rings is 2. The zero-order chi connectivity index (χ0) is 25.2. The molecule has 2 fully saturated rings. The minimum Gasteiger partial charge on any atom is -0.612 e. The largest absolute Gasteiger partial charge is 0.612 e. The number of hydrogen-bond acceptors (Lipinski definition) is 7. The normalized spacial score (nSPS) is 22.8. The maximum atomic E-state index is 14.5. The van der Waals surface area contributed by atoms with Gasteiger partial charge in [0.15, 0.2) is 10.7 Å². The van der Waals surface area contributed by atoms with Gasteiger partial charge in [-0.05, 0) is 47.9 Å². The molecule has 2 aromatic carbocycles. The van der Waals surface area contributed by atoms with E-state index in [-0.39, 0.29) is 29.7 Å². The van der Waals surface area contributed by atoms with Gasteiger partial charge >= 0.3 is 0 Å². The quantitative estimate of drug-likeness (QED) is 0.469. The number of fused-ring (bicyclic) bond motifs is 2. The molecule has 2 aliphatic heterocycles. The first-order chi connectivity index (χ1) is 17.4. The van der Waals surface area contributed by atoms with Gasteiger partial charge in [0.1, 0.15) is 30.3 Å². The first kappa shape index (κ1) is 24.9. The topological polar surface area (TPSA) is 82.6 Å². The fraction of sp³-hybridized carbons (Fsp3) is 0.385. The van der Waals surface area contributed by atoms with Crippen molar-refractivity contribution in [2.24, 2.45) is 0 Å². The van der Waals surface area contributed by atoms with Crippen molar-refractivity contribution in [1.82, 2.24) is 14.9 Å². The summed E-state index contributed by atoms with van der Waals surface area (Å²) in [7, 11) is 0. The number of rotatable bonds is 7. The first-order valence-electron chi connectivity index (χ1n) is 11.8. The maximum absolute atomic E-state index is 14.5. The summed E-state index contributed by atoms with van der Waals surface area (Å²) < 4.78 is 51.6. The Morgan fingerprint density at radius 1 is 1.11 bits per heavy atom. The van der Waals surface area contributed by atoms with Crippen molar-refractivity contribution in [3.05, 3.63) is 71.6 Å². The van der Waals surface area contributed by atoms with Crippen molar-refractivity contribution in [2.75, 3.05) is 24.8 Å². The number of nitrogens with zero attached hydrogens (tertiary/aromatic N) is 3. The Labute approximate surface area is 212 Å². The molecule has 3 aromatic rings. The molecule has 1 aromatic heterocycles. The molecule has 2 aliphatic rings.